The monoisotopic (exact) mass is 191 g/mol. The van der Waals surface area contributed by atoms with E-state index in [1.54, 1.807) is 0 Å². The molecule has 1 aliphatic carbocycles. The molecule has 1 aromatic carbocycles. The molecule has 1 fully saturated rings. The summed E-state index contributed by atoms with van der Waals surface area (Å²) in [6.45, 7) is 0.907. The minimum atomic E-state index is 0. The van der Waals surface area contributed by atoms with Crippen LogP contribution in [-0.4, -0.2) is 6.61 Å². The van der Waals surface area contributed by atoms with Crippen LogP contribution in [0.5, 0.6) is 5.75 Å². The molecule has 0 spiro atoms. The van der Waals surface area contributed by atoms with Crippen LogP contribution in [-0.2, 0) is 0 Å². The maximum absolute atomic E-state index is 5.75. The average Bonchev–Trinajstić information content (AvgIpc) is 2.29. The molecule has 0 aromatic heterocycles. The van der Waals surface area contributed by atoms with Crippen LogP contribution in [0.15, 0.2) is 30.3 Å². The molecule has 1 saturated carbocycles. The van der Waals surface area contributed by atoms with Crippen molar-refractivity contribution in [1.82, 2.24) is 0 Å². The first-order valence-electron chi connectivity index (χ1n) is 5.63. The summed E-state index contributed by atoms with van der Waals surface area (Å²) in [5.74, 6) is 1.81. The predicted molar refractivity (Wildman–Crippen MR) is 59.6 cm³/mol. The van der Waals surface area contributed by atoms with Crippen molar-refractivity contribution in [2.24, 2.45) is 5.92 Å². The van der Waals surface area contributed by atoms with Crippen LogP contribution in [0.4, 0.5) is 0 Å². The summed E-state index contributed by atoms with van der Waals surface area (Å²) in [5.41, 5.74) is 0. The molecule has 1 aliphatic rings. The normalized spacial score (nSPS) is 18.0. The summed E-state index contributed by atoms with van der Waals surface area (Å²) in [4.78, 5) is 0. The lowest BCUT2D eigenvalue weighted by molar-refractivity contribution is 0.209. The first kappa shape index (κ1) is 9.57. The van der Waals surface area contributed by atoms with Crippen molar-refractivity contribution in [2.45, 2.75) is 32.1 Å². The average molecular weight is 191 g/mol. The maximum atomic E-state index is 5.75. The van der Waals surface area contributed by atoms with Gasteiger partial charge in [-0.3, -0.25) is 0 Å². The van der Waals surface area contributed by atoms with Crippen LogP contribution in [0.1, 0.15) is 33.5 Å². The van der Waals surface area contributed by atoms with E-state index < -0.39 is 0 Å². The van der Waals surface area contributed by atoms with Gasteiger partial charge in [-0.2, -0.15) is 0 Å². The number of hydrogen-bond acceptors (Lipinski definition) is 1. The molecular formula is C13H19O+. The van der Waals surface area contributed by atoms with E-state index in [1.807, 2.05) is 30.3 Å². The lowest BCUT2D eigenvalue weighted by Crippen LogP contribution is -2.15. The summed E-state index contributed by atoms with van der Waals surface area (Å²) < 4.78 is 5.75. The molecule has 2 rings (SSSR count). The Morgan fingerprint density at radius 3 is 2.50 bits per heavy atom. The summed E-state index contributed by atoms with van der Waals surface area (Å²) in [5, 5.41) is 0. The third kappa shape index (κ3) is 2.76. The zero-order valence-corrected chi connectivity index (χ0v) is 8.61. The van der Waals surface area contributed by atoms with Gasteiger partial charge in [0.2, 0.25) is 0 Å². The molecule has 1 heteroatoms. The van der Waals surface area contributed by atoms with Gasteiger partial charge in [-0.25, -0.2) is 0 Å². The molecule has 0 amide bonds. The topological polar surface area (TPSA) is 9.23 Å². The molecule has 0 heterocycles. The van der Waals surface area contributed by atoms with Gasteiger partial charge in [0, 0.05) is 0 Å². The lowest BCUT2D eigenvalue weighted by Gasteiger charge is -2.21. The van der Waals surface area contributed by atoms with Gasteiger partial charge in [0.1, 0.15) is 5.75 Å². The van der Waals surface area contributed by atoms with E-state index in [0.717, 1.165) is 18.3 Å². The first-order valence-corrected chi connectivity index (χ1v) is 5.63. The minimum Gasteiger partial charge on any atom is -0.493 e. The molecule has 0 bridgehead atoms. The van der Waals surface area contributed by atoms with Crippen LogP contribution >= 0.6 is 0 Å². The molecule has 0 radical (unpaired) electrons. The molecule has 14 heavy (non-hydrogen) atoms. The van der Waals surface area contributed by atoms with Crippen LogP contribution in [0.25, 0.3) is 0 Å². The van der Waals surface area contributed by atoms with Gasteiger partial charge in [0.25, 0.3) is 0 Å². The summed E-state index contributed by atoms with van der Waals surface area (Å²) >= 11 is 0. The summed E-state index contributed by atoms with van der Waals surface area (Å²) in [7, 11) is 0. The van der Waals surface area contributed by atoms with Crippen molar-refractivity contribution >= 4 is 0 Å². The van der Waals surface area contributed by atoms with Gasteiger partial charge in [-0.05, 0) is 30.9 Å². The van der Waals surface area contributed by atoms with Crippen molar-refractivity contribution < 1.29 is 6.16 Å². The Bertz CT molecular complexity index is 254. The van der Waals surface area contributed by atoms with Gasteiger partial charge >= 0.3 is 1.43 Å². The van der Waals surface area contributed by atoms with Crippen molar-refractivity contribution in [3.8, 4) is 5.75 Å². The number of ether oxygens (including phenoxy) is 1. The molecule has 0 unspecified atom stereocenters. The molecule has 0 aliphatic heterocycles. The van der Waals surface area contributed by atoms with Crippen LogP contribution in [0.3, 0.4) is 0 Å². The Hall–Kier alpha value is -0.980. The highest BCUT2D eigenvalue weighted by Crippen LogP contribution is 2.24. The fourth-order valence-electron chi connectivity index (χ4n) is 2.08. The van der Waals surface area contributed by atoms with Gasteiger partial charge in [0.05, 0.1) is 6.61 Å². The Morgan fingerprint density at radius 2 is 1.79 bits per heavy atom. The quantitative estimate of drug-likeness (QED) is 0.707. The van der Waals surface area contributed by atoms with Gasteiger partial charge < -0.3 is 4.74 Å². The molecule has 0 atom stereocenters. The van der Waals surface area contributed by atoms with E-state index in [4.69, 9.17) is 4.74 Å². The van der Waals surface area contributed by atoms with E-state index in [-0.39, 0.29) is 1.43 Å². The van der Waals surface area contributed by atoms with Gasteiger partial charge in [-0.1, -0.05) is 37.5 Å². The second kappa shape index (κ2) is 5.04. The maximum Gasteiger partial charge on any atom is 1.00 e. The molecule has 1 aromatic rings. The van der Waals surface area contributed by atoms with Crippen LogP contribution < -0.4 is 4.74 Å². The fraction of sp³-hybridized carbons (Fsp3) is 0.538. The number of para-hydroxylation sites is 1. The summed E-state index contributed by atoms with van der Waals surface area (Å²) in [6.07, 6.45) is 6.91. The SMILES string of the molecule is [H+].c1ccc(OCC2CCCCC2)cc1. The Balaban J connectivity index is 0.00000112. The zero-order chi connectivity index (χ0) is 9.64. The van der Waals surface area contributed by atoms with E-state index in [2.05, 4.69) is 0 Å². The number of hydrogen-bond donors (Lipinski definition) is 0. The van der Waals surface area contributed by atoms with Gasteiger partial charge in [0.15, 0.2) is 0 Å². The van der Waals surface area contributed by atoms with Crippen LogP contribution in [0.2, 0.25) is 0 Å². The Labute approximate surface area is 87.6 Å². The lowest BCUT2D eigenvalue weighted by atomic mass is 9.90. The molecular weight excluding hydrogens is 172 g/mol. The third-order valence-corrected chi connectivity index (χ3v) is 2.95. The van der Waals surface area contributed by atoms with Crippen molar-refractivity contribution in [1.29, 1.82) is 0 Å². The Kier molecular flexibility index (Phi) is 3.44. The van der Waals surface area contributed by atoms with Crippen molar-refractivity contribution in [2.75, 3.05) is 6.61 Å². The van der Waals surface area contributed by atoms with Crippen LogP contribution in [0, 0.1) is 5.92 Å². The molecule has 0 saturated heterocycles. The first-order chi connectivity index (χ1) is 6.95. The van der Waals surface area contributed by atoms with E-state index in [1.165, 1.54) is 32.1 Å². The fourth-order valence-corrected chi connectivity index (χ4v) is 2.08. The summed E-state index contributed by atoms with van der Waals surface area (Å²) in [6, 6.07) is 10.1. The highest BCUT2D eigenvalue weighted by Gasteiger charge is 2.13. The van der Waals surface area contributed by atoms with Crippen molar-refractivity contribution in [3.05, 3.63) is 30.3 Å². The highest BCUT2D eigenvalue weighted by molar-refractivity contribution is 5.20. The Morgan fingerprint density at radius 1 is 1.07 bits per heavy atom. The minimum absolute atomic E-state index is 0. The second-order valence-electron chi connectivity index (χ2n) is 4.13. The smallest absolute Gasteiger partial charge is 0.493 e. The van der Waals surface area contributed by atoms with E-state index in [0.29, 0.717) is 0 Å². The molecule has 1 nitrogen and oxygen atoms in total. The predicted octanol–water partition coefficient (Wildman–Crippen LogP) is 3.76. The second-order valence-corrected chi connectivity index (χ2v) is 4.13. The van der Waals surface area contributed by atoms with Crippen molar-refractivity contribution in [3.63, 3.8) is 0 Å². The number of benzene rings is 1. The largest absolute Gasteiger partial charge is 1.00 e. The zero-order valence-electron chi connectivity index (χ0n) is 9.61. The molecule has 76 valence electrons. The number of rotatable bonds is 3. The third-order valence-electron chi connectivity index (χ3n) is 2.95. The standard InChI is InChI=1S/C13H18O/c1-3-7-12(8-4-1)11-14-13-9-5-2-6-10-13/h2,5-6,9-10,12H,1,3-4,7-8,11H2/p+1. The van der Waals surface area contributed by atoms with Gasteiger partial charge in [-0.15, -0.1) is 0 Å². The van der Waals surface area contributed by atoms with E-state index >= 15 is 0 Å². The van der Waals surface area contributed by atoms with E-state index in [9.17, 15) is 0 Å². The molecule has 0 N–H and O–H groups in total. The highest BCUT2D eigenvalue weighted by atomic mass is 16.5.